The molecule has 1 amide bonds. The number of carbonyl (C=O) groups excluding carboxylic acids is 1. The van der Waals surface area contributed by atoms with Crippen molar-refractivity contribution in [2.75, 3.05) is 6.54 Å². The Kier molecular flexibility index (Phi) is 3.77. The molecule has 8 heteroatoms. The second kappa shape index (κ2) is 6.40. The second-order valence-corrected chi connectivity index (χ2v) is 8.50. The minimum atomic E-state index is -0.0632. The van der Waals surface area contributed by atoms with Crippen LogP contribution in [-0.4, -0.2) is 42.3 Å². The number of nitrogens with zero attached hydrogens (tertiary/aromatic N) is 5. The van der Waals surface area contributed by atoms with E-state index in [1.807, 2.05) is 48.2 Å². The number of halogens is 1. The van der Waals surface area contributed by atoms with Gasteiger partial charge in [-0.05, 0) is 55.0 Å². The zero-order chi connectivity index (χ0) is 20.4. The Morgan fingerprint density at radius 3 is 2.80 bits per heavy atom. The monoisotopic (exact) mass is 418 g/mol. The first-order valence-electron chi connectivity index (χ1n) is 10.0. The molecule has 6 rings (SSSR count). The van der Waals surface area contributed by atoms with Gasteiger partial charge in [-0.3, -0.25) is 4.79 Å². The van der Waals surface area contributed by atoms with E-state index >= 15 is 0 Å². The summed E-state index contributed by atoms with van der Waals surface area (Å²) in [6, 6.07) is 11.2. The van der Waals surface area contributed by atoms with Crippen molar-refractivity contribution in [2.24, 2.45) is 11.8 Å². The quantitative estimate of drug-likeness (QED) is 0.546. The predicted molar refractivity (Wildman–Crippen MR) is 113 cm³/mol. The lowest BCUT2D eigenvalue weighted by Gasteiger charge is -2.27. The molecule has 1 saturated heterocycles. The van der Waals surface area contributed by atoms with E-state index in [0.29, 0.717) is 28.1 Å². The first kappa shape index (κ1) is 17.7. The summed E-state index contributed by atoms with van der Waals surface area (Å²) in [4.78, 5) is 25.4. The number of hydrogen-bond donors (Lipinski definition) is 1. The lowest BCUT2D eigenvalue weighted by atomic mass is 10.1. The molecule has 1 N–H and O–H groups in total. The van der Waals surface area contributed by atoms with E-state index in [4.69, 9.17) is 16.6 Å². The molecule has 30 heavy (non-hydrogen) atoms. The molecule has 4 aromatic rings. The number of para-hydroxylation sites is 1. The van der Waals surface area contributed by atoms with Crippen molar-refractivity contribution in [3.05, 3.63) is 70.8 Å². The maximum Gasteiger partial charge on any atom is 0.256 e. The highest BCUT2D eigenvalue weighted by Gasteiger charge is 2.55. The van der Waals surface area contributed by atoms with Crippen molar-refractivity contribution in [1.82, 2.24) is 29.9 Å². The molecule has 3 heterocycles. The van der Waals surface area contributed by atoms with E-state index in [9.17, 15) is 4.79 Å². The summed E-state index contributed by atoms with van der Waals surface area (Å²) >= 11 is 6.29. The molecule has 7 nitrogen and oxygen atoms in total. The Labute approximate surface area is 177 Å². The van der Waals surface area contributed by atoms with Crippen LogP contribution in [0.5, 0.6) is 0 Å². The Morgan fingerprint density at radius 2 is 1.97 bits per heavy atom. The Balaban J connectivity index is 1.41. The molecule has 2 aliphatic rings. The van der Waals surface area contributed by atoms with Gasteiger partial charge in [-0.1, -0.05) is 23.7 Å². The van der Waals surface area contributed by atoms with Crippen molar-refractivity contribution in [3.8, 4) is 5.69 Å². The predicted octanol–water partition coefficient (Wildman–Crippen LogP) is 3.94. The number of H-pyrrole nitrogens is 1. The summed E-state index contributed by atoms with van der Waals surface area (Å²) in [7, 11) is 0. The van der Waals surface area contributed by atoms with Crippen molar-refractivity contribution < 1.29 is 4.79 Å². The number of piperidine rings is 1. The third kappa shape index (κ3) is 2.58. The molecule has 2 fully saturated rings. The van der Waals surface area contributed by atoms with Crippen molar-refractivity contribution in [2.45, 2.75) is 19.4 Å². The number of nitrogens with one attached hydrogen (secondary N) is 1. The molecule has 3 atom stereocenters. The number of hydrogen-bond acceptors (Lipinski definition) is 4. The van der Waals surface area contributed by atoms with Gasteiger partial charge >= 0.3 is 0 Å². The van der Waals surface area contributed by atoms with E-state index < -0.39 is 0 Å². The maximum absolute atomic E-state index is 13.6. The number of fused-ring (bicyclic) bond motifs is 2. The molecular formula is C22H19ClN6O. The van der Waals surface area contributed by atoms with Crippen LogP contribution < -0.4 is 0 Å². The molecule has 0 radical (unpaired) electrons. The smallest absolute Gasteiger partial charge is 0.256 e. The highest BCUT2D eigenvalue weighted by molar-refractivity contribution is 6.32. The van der Waals surface area contributed by atoms with Gasteiger partial charge in [-0.15, -0.1) is 0 Å². The summed E-state index contributed by atoms with van der Waals surface area (Å²) in [5, 5.41) is 9.11. The third-order valence-corrected chi connectivity index (χ3v) is 6.73. The van der Waals surface area contributed by atoms with Crippen LogP contribution in [0.25, 0.3) is 16.7 Å². The summed E-state index contributed by atoms with van der Waals surface area (Å²) in [6.45, 7) is 2.71. The molecule has 1 saturated carbocycles. The zero-order valence-electron chi connectivity index (χ0n) is 16.3. The first-order valence-corrected chi connectivity index (χ1v) is 10.4. The van der Waals surface area contributed by atoms with Crippen LogP contribution in [0.2, 0.25) is 5.02 Å². The first-order chi connectivity index (χ1) is 14.6. The fraction of sp³-hybridized carbons (Fsp3) is 0.273. The standard InChI is InChI=1S/C22H19ClN6O/c1-12-16(23)6-7-17-19(12)27-21(26-17)20-15-10-13(15)11-28(20)22(30)14-4-2-3-5-18(14)29-24-8-9-25-29/h2-9,13,15,20H,10-11H2,1H3,(H,26,27). The van der Waals surface area contributed by atoms with Crippen LogP contribution in [-0.2, 0) is 0 Å². The summed E-state index contributed by atoms with van der Waals surface area (Å²) in [5.74, 6) is 1.80. The third-order valence-electron chi connectivity index (χ3n) is 6.32. The summed E-state index contributed by atoms with van der Waals surface area (Å²) in [6.07, 6.45) is 4.35. The van der Waals surface area contributed by atoms with Gasteiger partial charge in [0, 0.05) is 11.6 Å². The van der Waals surface area contributed by atoms with Gasteiger partial charge in [-0.25, -0.2) is 4.98 Å². The topological polar surface area (TPSA) is 79.7 Å². The molecule has 150 valence electrons. The number of aromatic nitrogens is 5. The van der Waals surface area contributed by atoms with Gasteiger partial charge in [0.1, 0.15) is 5.82 Å². The van der Waals surface area contributed by atoms with Crippen LogP contribution in [0.15, 0.2) is 48.8 Å². The van der Waals surface area contributed by atoms with Gasteiger partial charge in [0.2, 0.25) is 0 Å². The van der Waals surface area contributed by atoms with E-state index in [1.54, 1.807) is 12.4 Å². The number of rotatable bonds is 3. The minimum Gasteiger partial charge on any atom is -0.340 e. The fourth-order valence-corrected chi connectivity index (χ4v) is 4.85. The average Bonchev–Trinajstić information content (AvgIpc) is 3.17. The van der Waals surface area contributed by atoms with Gasteiger partial charge in [0.05, 0.1) is 40.7 Å². The Bertz CT molecular complexity index is 1280. The van der Waals surface area contributed by atoms with Gasteiger partial charge in [0.25, 0.3) is 5.91 Å². The number of carbonyl (C=O) groups is 1. The fourth-order valence-electron chi connectivity index (χ4n) is 4.70. The van der Waals surface area contributed by atoms with Gasteiger partial charge in [-0.2, -0.15) is 15.0 Å². The summed E-state index contributed by atoms with van der Waals surface area (Å²) in [5.41, 5.74) is 4.05. The Morgan fingerprint density at radius 1 is 1.17 bits per heavy atom. The average molecular weight is 419 g/mol. The van der Waals surface area contributed by atoms with Crippen molar-refractivity contribution >= 4 is 28.5 Å². The summed E-state index contributed by atoms with van der Waals surface area (Å²) < 4.78 is 0. The normalized spacial score (nSPS) is 22.5. The molecule has 0 bridgehead atoms. The molecule has 2 aromatic carbocycles. The SMILES string of the molecule is Cc1c(Cl)ccc2[nH]c(C3C4CC4CN3C(=O)c3ccccc3-n3nccn3)nc12. The zero-order valence-corrected chi connectivity index (χ0v) is 17.0. The molecule has 0 spiro atoms. The minimum absolute atomic E-state index is 0.0182. The lowest BCUT2D eigenvalue weighted by Crippen LogP contribution is -2.34. The second-order valence-electron chi connectivity index (χ2n) is 8.09. The molecule has 3 unspecified atom stereocenters. The van der Waals surface area contributed by atoms with Crippen LogP contribution in [0.3, 0.4) is 0 Å². The number of likely N-dealkylation sites (tertiary alicyclic amines) is 1. The Hall–Kier alpha value is -3.19. The maximum atomic E-state index is 13.6. The number of imidazole rings is 1. The van der Waals surface area contributed by atoms with Gasteiger partial charge < -0.3 is 9.88 Å². The highest BCUT2D eigenvalue weighted by Crippen LogP contribution is 2.56. The van der Waals surface area contributed by atoms with Crippen LogP contribution in [0.1, 0.15) is 34.2 Å². The van der Waals surface area contributed by atoms with E-state index in [0.717, 1.165) is 35.4 Å². The number of amides is 1. The molecule has 1 aliphatic heterocycles. The van der Waals surface area contributed by atoms with E-state index in [2.05, 4.69) is 15.2 Å². The van der Waals surface area contributed by atoms with Crippen LogP contribution in [0, 0.1) is 18.8 Å². The number of benzene rings is 2. The van der Waals surface area contributed by atoms with Crippen LogP contribution >= 0.6 is 11.6 Å². The lowest BCUT2D eigenvalue weighted by molar-refractivity contribution is 0.0698. The van der Waals surface area contributed by atoms with Crippen molar-refractivity contribution in [3.63, 3.8) is 0 Å². The van der Waals surface area contributed by atoms with Crippen LogP contribution in [0.4, 0.5) is 0 Å². The molecule has 2 aromatic heterocycles. The molecular weight excluding hydrogens is 400 g/mol. The van der Waals surface area contributed by atoms with Gasteiger partial charge in [0.15, 0.2) is 0 Å². The molecule has 1 aliphatic carbocycles. The highest BCUT2D eigenvalue weighted by atomic mass is 35.5. The number of aromatic amines is 1. The van der Waals surface area contributed by atoms with Crippen molar-refractivity contribution in [1.29, 1.82) is 0 Å². The van der Waals surface area contributed by atoms with E-state index in [1.165, 1.54) is 4.80 Å². The largest absolute Gasteiger partial charge is 0.340 e. The number of aryl methyl sites for hydroxylation is 1. The van der Waals surface area contributed by atoms with E-state index in [-0.39, 0.29) is 11.9 Å².